The van der Waals surface area contributed by atoms with E-state index in [1.807, 2.05) is 22.8 Å². The molecule has 22 heavy (non-hydrogen) atoms. The highest BCUT2D eigenvalue weighted by molar-refractivity contribution is 5.19. The van der Waals surface area contributed by atoms with Gasteiger partial charge in [-0.3, -0.25) is 9.69 Å². The van der Waals surface area contributed by atoms with Gasteiger partial charge >= 0.3 is 0 Å². The lowest BCUT2D eigenvalue weighted by Gasteiger charge is -2.42. The smallest absolute Gasteiger partial charge is 0.250 e. The Kier molecular flexibility index (Phi) is 3.34. The Morgan fingerprint density at radius 3 is 2.77 bits per heavy atom. The average Bonchev–Trinajstić information content (AvgIpc) is 2.51. The number of aromatic nitrogens is 1. The van der Waals surface area contributed by atoms with Crippen molar-refractivity contribution in [1.29, 1.82) is 0 Å². The van der Waals surface area contributed by atoms with Crippen LogP contribution in [-0.2, 0) is 13.1 Å². The first kappa shape index (κ1) is 13.7. The fourth-order valence-corrected chi connectivity index (χ4v) is 3.99. The Hall–Kier alpha value is -1.94. The minimum atomic E-state index is -0.130. The molecular weight excluding hydrogens is 279 g/mol. The summed E-state index contributed by atoms with van der Waals surface area (Å²) in [6.45, 7) is 3.27. The van der Waals surface area contributed by atoms with E-state index in [9.17, 15) is 9.18 Å². The largest absolute Gasteiger partial charge is 0.312 e. The molecule has 2 bridgehead atoms. The van der Waals surface area contributed by atoms with Crippen LogP contribution in [0.2, 0.25) is 0 Å². The fourth-order valence-electron chi connectivity index (χ4n) is 3.99. The van der Waals surface area contributed by atoms with E-state index in [0.29, 0.717) is 18.4 Å². The van der Waals surface area contributed by atoms with Crippen molar-refractivity contribution in [1.82, 2.24) is 9.47 Å². The molecule has 2 aliphatic rings. The Labute approximate surface area is 129 Å². The van der Waals surface area contributed by atoms with Gasteiger partial charge < -0.3 is 4.57 Å². The Bertz CT molecular complexity index is 755. The second kappa shape index (κ2) is 5.36. The predicted octanol–water partition coefficient (Wildman–Crippen LogP) is 2.61. The second-order valence-electron chi connectivity index (χ2n) is 6.48. The monoisotopic (exact) mass is 298 g/mol. The third kappa shape index (κ3) is 2.37. The van der Waals surface area contributed by atoms with Crippen LogP contribution in [0.25, 0.3) is 0 Å². The molecule has 1 fully saturated rings. The number of piperidine rings is 1. The minimum absolute atomic E-state index is 0.106. The van der Waals surface area contributed by atoms with Crippen LogP contribution < -0.4 is 5.56 Å². The number of pyridine rings is 1. The van der Waals surface area contributed by atoms with Gasteiger partial charge in [-0.1, -0.05) is 24.3 Å². The standard InChI is InChI=1S/C18H19FN2O/c19-16-5-2-1-4-14(16)11-20-9-13-8-15(12-20)17-6-3-7-18(22)21(17)10-13/h1-7,13,15H,8-12H2/t13-,15+/m0/s1. The van der Waals surface area contributed by atoms with Crippen molar-refractivity contribution in [2.45, 2.75) is 25.4 Å². The van der Waals surface area contributed by atoms with Crippen molar-refractivity contribution < 1.29 is 4.39 Å². The van der Waals surface area contributed by atoms with Crippen LogP contribution in [0.4, 0.5) is 4.39 Å². The Morgan fingerprint density at radius 2 is 1.91 bits per heavy atom. The number of rotatable bonds is 2. The average molecular weight is 298 g/mol. The van der Waals surface area contributed by atoms with E-state index in [4.69, 9.17) is 0 Å². The maximum atomic E-state index is 13.9. The molecule has 2 atom stereocenters. The minimum Gasteiger partial charge on any atom is -0.312 e. The molecule has 4 rings (SSSR count). The molecule has 4 heteroatoms. The number of fused-ring (bicyclic) bond motifs is 4. The fraction of sp³-hybridized carbons (Fsp3) is 0.389. The molecule has 0 radical (unpaired) electrons. The van der Waals surface area contributed by atoms with Crippen LogP contribution in [0, 0.1) is 11.7 Å². The topological polar surface area (TPSA) is 25.2 Å². The molecule has 0 aliphatic carbocycles. The van der Waals surface area contributed by atoms with Gasteiger partial charge in [-0.2, -0.15) is 0 Å². The highest BCUT2D eigenvalue weighted by Gasteiger charge is 2.34. The quantitative estimate of drug-likeness (QED) is 0.851. The molecular formula is C18H19FN2O. The van der Waals surface area contributed by atoms with Gasteiger partial charge in [-0.05, 0) is 24.5 Å². The number of likely N-dealkylation sites (tertiary alicyclic amines) is 1. The highest BCUT2D eigenvalue weighted by atomic mass is 19.1. The van der Waals surface area contributed by atoms with Crippen molar-refractivity contribution in [2.24, 2.45) is 5.92 Å². The first-order valence-electron chi connectivity index (χ1n) is 7.86. The van der Waals surface area contributed by atoms with E-state index in [1.54, 1.807) is 12.1 Å². The van der Waals surface area contributed by atoms with Crippen molar-refractivity contribution in [2.75, 3.05) is 13.1 Å². The highest BCUT2D eigenvalue weighted by Crippen LogP contribution is 2.35. The van der Waals surface area contributed by atoms with E-state index >= 15 is 0 Å². The summed E-state index contributed by atoms with van der Waals surface area (Å²) in [5, 5.41) is 0. The van der Waals surface area contributed by atoms with Gasteiger partial charge in [0.15, 0.2) is 0 Å². The summed E-state index contributed by atoms with van der Waals surface area (Å²) >= 11 is 0. The first-order valence-corrected chi connectivity index (χ1v) is 7.86. The summed E-state index contributed by atoms with van der Waals surface area (Å²) in [6, 6.07) is 12.6. The maximum absolute atomic E-state index is 13.9. The summed E-state index contributed by atoms with van der Waals surface area (Å²) < 4.78 is 15.8. The molecule has 2 aromatic rings. The molecule has 2 aliphatic heterocycles. The molecule has 0 unspecified atom stereocenters. The zero-order chi connectivity index (χ0) is 15.1. The summed E-state index contributed by atoms with van der Waals surface area (Å²) in [4.78, 5) is 14.3. The second-order valence-corrected chi connectivity index (χ2v) is 6.48. The third-order valence-electron chi connectivity index (χ3n) is 4.91. The summed E-state index contributed by atoms with van der Waals surface area (Å²) in [5.41, 5.74) is 2.00. The van der Waals surface area contributed by atoms with E-state index in [1.165, 1.54) is 6.07 Å². The maximum Gasteiger partial charge on any atom is 0.250 e. The third-order valence-corrected chi connectivity index (χ3v) is 4.91. The molecule has 1 aromatic carbocycles. The van der Waals surface area contributed by atoms with Crippen LogP contribution in [0.1, 0.15) is 23.6 Å². The lowest BCUT2D eigenvalue weighted by Crippen LogP contribution is -2.46. The summed E-state index contributed by atoms with van der Waals surface area (Å²) in [5.74, 6) is 0.737. The van der Waals surface area contributed by atoms with Crippen LogP contribution in [-0.4, -0.2) is 22.6 Å². The van der Waals surface area contributed by atoms with Gasteiger partial charge in [0.05, 0.1) is 0 Å². The molecule has 114 valence electrons. The molecule has 0 N–H and O–H groups in total. The van der Waals surface area contributed by atoms with Crippen LogP contribution in [0.15, 0.2) is 47.3 Å². The Morgan fingerprint density at radius 1 is 1.05 bits per heavy atom. The van der Waals surface area contributed by atoms with Gasteiger partial charge in [0.25, 0.3) is 5.56 Å². The van der Waals surface area contributed by atoms with Gasteiger partial charge in [0.2, 0.25) is 0 Å². The van der Waals surface area contributed by atoms with Crippen molar-refractivity contribution >= 4 is 0 Å². The molecule has 1 saturated heterocycles. The number of hydrogen-bond acceptors (Lipinski definition) is 2. The molecule has 0 saturated carbocycles. The van der Waals surface area contributed by atoms with Crippen LogP contribution in [0.3, 0.4) is 0 Å². The summed E-state index contributed by atoms with van der Waals surface area (Å²) in [7, 11) is 0. The lowest BCUT2D eigenvalue weighted by atomic mass is 9.83. The molecule has 1 aromatic heterocycles. The van der Waals surface area contributed by atoms with Crippen molar-refractivity contribution in [3.63, 3.8) is 0 Å². The molecule has 0 spiro atoms. The Balaban J connectivity index is 1.59. The summed E-state index contributed by atoms with van der Waals surface area (Å²) in [6.07, 6.45) is 1.14. The number of hydrogen-bond donors (Lipinski definition) is 0. The van der Waals surface area contributed by atoms with E-state index in [2.05, 4.69) is 11.0 Å². The van der Waals surface area contributed by atoms with Gasteiger partial charge in [-0.15, -0.1) is 0 Å². The lowest BCUT2D eigenvalue weighted by molar-refractivity contribution is 0.113. The van der Waals surface area contributed by atoms with E-state index < -0.39 is 0 Å². The van der Waals surface area contributed by atoms with Crippen LogP contribution in [0.5, 0.6) is 0 Å². The van der Waals surface area contributed by atoms with E-state index in [0.717, 1.165) is 37.3 Å². The zero-order valence-electron chi connectivity index (χ0n) is 12.4. The SMILES string of the molecule is O=c1cccc2n1C[C@H]1C[C@@H]2CN(Cc2ccccc2F)C1. The van der Waals surface area contributed by atoms with E-state index in [-0.39, 0.29) is 11.4 Å². The normalized spacial score (nSPS) is 24.0. The number of nitrogens with zero attached hydrogens (tertiary/aromatic N) is 2. The van der Waals surface area contributed by atoms with Gasteiger partial charge in [-0.25, -0.2) is 4.39 Å². The predicted molar refractivity (Wildman–Crippen MR) is 83.2 cm³/mol. The van der Waals surface area contributed by atoms with Crippen LogP contribution >= 0.6 is 0 Å². The van der Waals surface area contributed by atoms with Gasteiger partial charge in [0, 0.05) is 49.4 Å². The number of halogens is 1. The molecule has 0 amide bonds. The number of benzene rings is 1. The van der Waals surface area contributed by atoms with Crippen molar-refractivity contribution in [3.05, 3.63) is 69.9 Å². The molecule has 3 heterocycles. The molecule has 3 nitrogen and oxygen atoms in total. The van der Waals surface area contributed by atoms with Gasteiger partial charge in [0.1, 0.15) is 5.82 Å². The van der Waals surface area contributed by atoms with Crippen molar-refractivity contribution in [3.8, 4) is 0 Å². The first-order chi connectivity index (χ1) is 10.7. The zero-order valence-corrected chi connectivity index (χ0v) is 12.4.